The largest absolute Gasteiger partial charge is 0.393 e. The van der Waals surface area contributed by atoms with E-state index in [2.05, 4.69) is 0 Å². The second kappa shape index (κ2) is 4.30. The van der Waals surface area contributed by atoms with Gasteiger partial charge in [0.05, 0.1) is 19.2 Å². The van der Waals surface area contributed by atoms with Crippen molar-refractivity contribution in [2.45, 2.75) is 30.8 Å². The predicted octanol–water partition coefficient (Wildman–Crippen LogP) is 0.0806. The molecular formula is C14H17NO4. The van der Waals surface area contributed by atoms with Crippen molar-refractivity contribution in [3.05, 3.63) is 35.9 Å². The van der Waals surface area contributed by atoms with Gasteiger partial charge in [0.1, 0.15) is 12.2 Å². The number of amides is 1. The number of fused-ring (bicyclic) bond motifs is 1. The van der Waals surface area contributed by atoms with E-state index in [1.165, 1.54) is 0 Å². The van der Waals surface area contributed by atoms with Gasteiger partial charge in [-0.1, -0.05) is 30.3 Å². The van der Waals surface area contributed by atoms with Crippen molar-refractivity contribution >= 4 is 5.91 Å². The molecule has 4 atom stereocenters. The van der Waals surface area contributed by atoms with Crippen molar-refractivity contribution in [2.24, 2.45) is 0 Å². The zero-order valence-electron chi connectivity index (χ0n) is 10.7. The normalized spacial score (nSPS) is 34.9. The first-order valence-electron chi connectivity index (χ1n) is 6.42. The molecule has 2 aliphatic heterocycles. The van der Waals surface area contributed by atoms with E-state index < -0.39 is 24.2 Å². The summed E-state index contributed by atoms with van der Waals surface area (Å²) in [7, 11) is 0. The van der Waals surface area contributed by atoms with Gasteiger partial charge in [-0.3, -0.25) is 4.79 Å². The van der Waals surface area contributed by atoms with Crippen LogP contribution in [-0.2, 0) is 9.53 Å². The Hall–Kier alpha value is -1.43. The molecule has 0 bridgehead atoms. The van der Waals surface area contributed by atoms with Gasteiger partial charge in [-0.2, -0.15) is 0 Å². The molecule has 19 heavy (non-hydrogen) atoms. The molecule has 2 saturated heterocycles. The number of hydrogen-bond donors (Lipinski definition) is 2. The summed E-state index contributed by atoms with van der Waals surface area (Å²) < 4.78 is 5.30. The second-order valence-electron chi connectivity index (χ2n) is 5.22. The van der Waals surface area contributed by atoms with E-state index in [1.807, 2.05) is 37.3 Å². The Labute approximate surface area is 111 Å². The molecule has 2 N–H and O–H groups in total. The molecule has 1 aromatic rings. The van der Waals surface area contributed by atoms with Gasteiger partial charge in [-0.15, -0.1) is 0 Å². The first kappa shape index (κ1) is 12.6. The summed E-state index contributed by atoms with van der Waals surface area (Å²) in [5.74, 6) is -0.454. The van der Waals surface area contributed by atoms with Crippen LogP contribution in [0.15, 0.2) is 30.3 Å². The standard InChI is InChI=1S/C14H17NO4/c1-9(10-5-3-2-4-6-10)15-7-11-12(19-11)14(18,8-16)13(15)17/h2-6,9,11-12,16,18H,7-8H2,1H3/t9-,11-,12-,14-/m0/s1. The molecule has 2 fully saturated rings. The summed E-state index contributed by atoms with van der Waals surface area (Å²) in [6, 6.07) is 9.46. The Morgan fingerprint density at radius 1 is 1.47 bits per heavy atom. The number of nitrogens with zero attached hydrogens (tertiary/aromatic N) is 1. The van der Waals surface area contributed by atoms with Gasteiger partial charge < -0.3 is 19.8 Å². The molecule has 5 heteroatoms. The molecule has 1 amide bonds. The van der Waals surface area contributed by atoms with Crippen molar-refractivity contribution in [1.29, 1.82) is 0 Å². The first-order chi connectivity index (χ1) is 9.08. The van der Waals surface area contributed by atoms with Crippen molar-refractivity contribution in [1.82, 2.24) is 4.90 Å². The van der Waals surface area contributed by atoms with Crippen LogP contribution >= 0.6 is 0 Å². The molecule has 0 unspecified atom stereocenters. The predicted molar refractivity (Wildman–Crippen MR) is 67.3 cm³/mol. The number of aliphatic hydroxyl groups excluding tert-OH is 1. The van der Waals surface area contributed by atoms with E-state index in [0.29, 0.717) is 6.54 Å². The van der Waals surface area contributed by atoms with Crippen molar-refractivity contribution < 1.29 is 19.7 Å². The average Bonchev–Trinajstić information content (AvgIpc) is 3.23. The summed E-state index contributed by atoms with van der Waals surface area (Å²) >= 11 is 0. The van der Waals surface area contributed by atoms with E-state index in [0.717, 1.165) is 5.56 Å². The molecule has 2 heterocycles. The number of piperidine rings is 1. The lowest BCUT2D eigenvalue weighted by Crippen LogP contribution is -2.60. The molecule has 1 aromatic carbocycles. The maximum Gasteiger partial charge on any atom is 0.260 e. The number of carbonyl (C=O) groups is 1. The maximum atomic E-state index is 12.4. The second-order valence-corrected chi connectivity index (χ2v) is 5.22. The lowest BCUT2D eigenvalue weighted by molar-refractivity contribution is -0.162. The number of hydrogen-bond acceptors (Lipinski definition) is 4. The van der Waals surface area contributed by atoms with Gasteiger partial charge in [0.2, 0.25) is 0 Å². The Kier molecular flexibility index (Phi) is 2.85. The summed E-state index contributed by atoms with van der Waals surface area (Å²) in [5, 5.41) is 19.6. The number of likely N-dealkylation sites (tertiary alicyclic amines) is 1. The Morgan fingerprint density at radius 3 is 2.79 bits per heavy atom. The minimum atomic E-state index is -1.79. The molecule has 102 valence electrons. The molecule has 0 aromatic heterocycles. The third-order valence-corrected chi connectivity index (χ3v) is 4.05. The molecule has 2 aliphatic rings. The van der Waals surface area contributed by atoms with Crippen LogP contribution in [0.2, 0.25) is 0 Å². The van der Waals surface area contributed by atoms with Crippen LogP contribution in [0.25, 0.3) is 0 Å². The van der Waals surface area contributed by atoms with E-state index in [1.54, 1.807) is 4.90 Å². The quantitative estimate of drug-likeness (QED) is 0.758. The van der Waals surface area contributed by atoms with Gasteiger partial charge in [0, 0.05) is 0 Å². The van der Waals surface area contributed by atoms with Crippen molar-refractivity contribution in [3.63, 3.8) is 0 Å². The fourth-order valence-electron chi connectivity index (χ4n) is 2.75. The molecule has 3 rings (SSSR count). The lowest BCUT2D eigenvalue weighted by Gasteiger charge is -2.38. The Balaban J connectivity index is 1.87. The number of ether oxygens (including phenoxy) is 1. The third kappa shape index (κ3) is 1.85. The number of benzene rings is 1. The number of epoxide rings is 1. The van der Waals surface area contributed by atoms with Crippen LogP contribution in [0.4, 0.5) is 0 Å². The topological polar surface area (TPSA) is 73.3 Å². The molecule has 0 spiro atoms. The first-order valence-corrected chi connectivity index (χ1v) is 6.42. The molecule has 0 saturated carbocycles. The van der Waals surface area contributed by atoms with E-state index in [-0.39, 0.29) is 12.1 Å². The highest BCUT2D eigenvalue weighted by atomic mass is 16.6. The average molecular weight is 263 g/mol. The minimum absolute atomic E-state index is 0.156. The van der Waals surface area contributed by atoms with Crippen LogP contribution in [-0.4, -0.2) is 52.0 Å². The van der Waals surface area contributed by atoms with E-state index in [4.69, 9.17) is 4.74 Å². The van der Waals surface area contributed by atoms with E-state index >= 15 is 0 Å². The van der Waals surface area contributed by atoms with Crippen LogP contribution in [0.3, 0.4) is 0 Å². The third-order valence-electron chi connectivity index (χ3n) is 4.05. The highest BCUT2D eigenvalue weighted by molar-refractivity contribution is 5.88. The van der Waals surface area contributed by atoms with Crippen LogP contribution in [0.5, 0.6) is 0 Å². The summed E-state index contributed by atoms with van der Waals surface area (Å²) in [6.45, 7) is 1.76. The number of carbonyl (C=O) groups excluding carboxylic acids is 1. The zero-order chi connectivity index (χ0) is 13.6. The van der Waals surface area contributed by atoms with Gasteiger partial charge >= 0.3 is 0 Å². The van der Waals surface area contributed by atoms with Crippen LogP contribution < -0.4 is 0 Å². The van der Waals surface area contributed by atoms with Gasteiger partial charge in [0.25, 0.3) is 5.91 Å². The fourth-order valence-corrected chi connectivity index (χ4v) is 2.75. The van der Waals surface area contributed by atoms with Crippen LogP contribution in [0.1, 0.15) is 18.5 Å². The van der Waals surface area contributed by atoms with E-state index in [9.17, 15) is 15.0 Å². The van der Waals surface area contributed by atoms with Crippen molar-refractivity contribution in [2.75, 3.05) is 13.2 Å². The highest BCUT2D eigenvalue weighted by Gasteiger charge is 2.64. The molecule has 0 aliphatic carbocycles. The van der Waals surface area contributed by atoms with Crippen LogP contribution in [0, 0.1) is 0 Å². The fraction of sp³-hybridized carbons (Fsp3) is 0.500. The van der Waals surface area contributed by atoms with Gasteiger partial charge in [0.15, 0.2) is 5.60 Å². The number of aliphatic hydroxyl groups is 2. The molecule has 5 nitrogen and oxygen atoms in total. The Morgan fingerprint density at radius 2 is 2.16 bits per heavy atom. The summed E-state index contributed by atoms with van der Waals surface area (Å²) in [5.41, 5.74) is -0.790. The van der Waals surface area contributed by atoms with Gasteiger partial charge in [-0.25, -0.2) is 0 Å². The monoisotopic (exact) mass is 263 g/mol. The molecule has 0 radical (unpaired) electrons. The zero-order valence-corrected chi connectivity index (χ0v) is 10.7. The maximum absolute atomic E-state index is 12.4. The van der Waals surface area contributed by atoms with Gasteiger partial charge in [-0.05, 0) is 12.5 Å². The molecular weight excluding hydrogens is 246 g/mol. The Bertz CT molecular complexity index is 491. The smallest absolute Gasteiger partial charge is 0.260 e. The summed E-state index contributed by atoms with van der Waals surface area (Å²) in [4.78, 5) is 13.9. The van der Waals surface area contributed by atoms with Crippen molar-refractivity contribution in [3.8, 4) is 0 Å². The SMILES string of the molecule is C[C@@H](c1ccccc1)N1C[C@@H]2O[C@@H]2[C@@](O)(CO)C1=O. The minimum Gasteiger partial charge on any atom is -0.393 e. The lowest BCUT2D eigenvalue weighted by atomic mass is 9.90. The highest BCUT2D eigenvalue weighted by Crippen LogP contribution is 2.41. The number of rotatable bonds is 3. The summed E-state index contributed by atoms with van der Waals surface area (Å²) in [6.07, 6.45) is -0.717.